The van der Waals surface area contributed by atoms with Crippen molar-refractivity contribution in [3.63, 3.8) is 0 Å². The van der Waals surface area contributed by atoms with Crippen LogP contribution in [0.2, 0.25) is 0 Å². The minimum atomic E-state index is -0.646. The SMILES string of the molecule is CCCC(C)[C@]1(c2ccccc2)CCCC(CC2(O)CCC2)C(C)C(=O)N(CCC(=O)NC2N=CC=C(O)C2CC)CCC1. The Morgan fingerprint density at radius 2 is 1.84 bits per heavy atom. The van der Waals surface area contributed by atoms with Crippen LogP contribution in [-0.2, 0) is 15.0 Å². The van der Waals surface area contributed by atoms with Gasteiger partial charge in [-0.15, -0.1) is 0 Å². The van der Waals surface area contributed by atoms with E-state index >= 15 is 0 Å². The van der Waals surface area contributed by atoms with Crippen molar-refractivity contribution in [3.8, 4) is 0 Å². The summed E-state index contributed by atoms with van der Waals surface area (Å²) in [5.41, 5.74) is 0.779. The molecule has 2 fully saturated rings. The van der Waals surface area contributed by atoms with Crippen LogP contribution in [0.4, 0.5) is 0 Å². The summed E-state index contributed by atoms with van der Waals surface area (Å²) in [5, 5.41) is 24.4. The molecule has 0 bridgehead atoms. The normalized spacial score (nSPS) is 30.1. The standard InChI is InChI=1S/C37H57N3O4/c1-5-13-27(3)37(30-15-8-7-9-16-30)21-10-14-29(26-36(44)19-11-20-36)28(4)35(43)40(24-12-22-37)25-18-33(42)39-34-31(6-2)32(41)17-23-38-34/h7-9,15-17,23,27-29,31,34,41,44H,5-6,10-14,18-22,24-26H2,1-4H3,(H,39,42)/t27?,28?,29?,31?,34?,37-/m0/s1. The molecule has 0 aromatic heterocycles. The van der Waals surface area contributed by atoms with Gasteiger partial charge >= 0.3 is 0 Å². The van der Waals surface area contributed by atoms with Gasteiger partial charge < -0.3 is 20.4 Å². The number of hydrogen-bond acceptors (Lipinski definition) is 5. The average molecular weight is 608 g/mol. The largest absolute Gasteiger partial charge is 0.512 e. The second kappa shape index (κ2) is 15.6. The number of benzene rings is 1. The molecule has 244 valence electrons. The van der Waals surface area contributed by atoms with Crippen LogP contribution in [0.5, 0.6) is 0 Å². The number of aliphatic hydroxyl groups excluding tert-OH is 1. The lowest BCUT2D eigenvalue weighted by Crippen LogP contribution is -2.45. The van der Waals surface area contributed by atoms with Crippen molar-refractivity contribution in [2.75, 3.05) is 13.1 Å². The molecule has 3 N–H and O–H groups in total. The molecule has 5 unspecified atom stereocenters. The van der Waals surface area contributed by atoms with E-state index in [-0.39, 0.29) is 47.2 Å². The summed E-state index contributed by atoms with van der Waals surface area (Å²) in [7, 11) is 0. The summed E-state index contributed by atoms with van der Waals surface area (Å²) in [5.74, 6) is 0.335. The zero-order valence-corrected chi connectivity index (χ0v) is 27.6. The van der Waals surface area contributed by atoms with Gasteiger partial charge in [-0.2, -0.15) is 0 Å². The molecule has 7 heteroatoms. The van der Waals surface area contributed by atoms with Crippen LogP contribution in [0.3, 0.4) is 0 Å². The predicted octanol–water partition coefficient (Wildman–Crippen LogP) is 7.10. The minimum Gasteiger partial charge on any atom is -0.512 e. The van der Waals surface area contributed by atoms with Crippen LogP contribution in [0.1, 0.15) is 117 Å². The van der Waals surface area contributed by atoms with Gasteiger partial charge in [0.05, 0.1) is 11.5 Å². The first-order valence-electron chi connectivity index (χ1n) is 17.4. The molecule has 1 aromatic rings. The predicted molar refractivity (Wildman–Crippen MR) is 177 cm³/mol. The van der Waals surface area contributed by atoms with E-state index in [1.165, 1.54) is 5.56 Å². The van der Waals surface area contributed by atoms with Crippen LogP contribution in [0.15, 0.2) is 47.2 Å². The highest BCUT2D eigenvalue weighted by Gasteiger charge is 2.42. The summed E-state index contributed by atoms with van der Waals surface area (Å²) in [6.07, 6.45) is 14.1. The number of aliphatic imine (C=N–C) groups is 1. The van der Waals surface area contributed by atoms with E-state index in [4.69, 9.17) is 0 Å². The molecule has 7 nitrogen and oxygen atoms in total. The zero-order valence-electron chi connectivity index (χ0n) is 27.6. The molecular weight excluding hydrogens is 550 g/mol. The fourth-order valence-corrected chi connectivity index (χ4v) is 8.21. The zero-order chi connectivity index (χ0) is 31.7. The minimum absolute atomic E-state index is 0.0263. The third-order valence-electron chi connectivity index (χ3n) is 11.2. The molecule has 0 spiro atoms. The van der Waals surface area contributed by atoms with Gasteiger partial charge in [-0.25, -0.2) is 0 Å². The third kappa shape index (κ3) is 8.13. The van der Waals surface area contributed by atoms with Crippen LogP contribution in [-0.4, -0.2) is 58.0 Å². The summed E-state index contributed by atoms with van der Waals surface area (Å²) >= 11 is 0. The Balaban J connectivity index is 1.55. The van der Waals surface area contributed by atoms with Gasteiger partial charge in [0.1, 0.15) is 11.9 Å². The van der Waals surface area contributed by atoms with Crippen LogP contribution >= 0.6 is 0 Å². The lowest BCUT2D eigenvalue weighted by Gasteiger charge is -2.42. The van der Waals surface area contributed by atoms with Gasteiger partial charge in [0.25, 0.3) is 0 Å². The molecule has 2 amide bonds. The first-order chi connectivity index (χ1) is 21.1. The Morgan fingerprint density at radius 3 is 2.50 bits per heavy atom. The first-order valence-corrected chi connectivity index (χ1v) is 17.4. The maximum absolute atomic E-state index is 14.1. The number of carbonyl (C=O) groups is 2. The molecule has 4 rings (SSSR count). The number of amides is 2. The van der Waals surface area contributed by atoms with Crippen molar-refractivity contribution < 1.29 is 19.8 Å². The lowest BCUT2D eigenvalue weighted by atomic mass is 9.63. The van der Waals surface area contributed by atoms with Gasteiger partial charge in [0.15, 0.2) is 0 Å². The van der Waals surface area contributed by atoms with E-state index in [1.54, 1.807) is 12.3 Å². The smallest absolute Gasteiger partial charge is 0.225 e. The highest BCUT2D eigenvalue weighted by atomic mass is 16.3. The maximum Gasteiger partial charge on any atom is 0.225 e. The second-order valence-corrected chi connectivity index (χ2v) is 14.0. The molecule has 3 aliphatic rings. The molecule has 2 heterocycles. The van der Waals surface area contributed by atoms with E-state index in [9.17, 15) is 19.8 Å². The molecule has 1 aromatic carbocycles. The lowest BCUT2D eigenvalue weighted by molar-refractivity contribution is -0.139. The summed E-state index contributed by atoms with van der Waals surface area (Å²) < 4.78 is 0. The molecular formula is C37H57N3O4. The number of nitrogens with one attached hydrogen (secondary N) is 1. The van der Waals surface area contributed by atoms with Gasteiger partial charge in [-0.3, -0.25) is 14.6 Å². The molecule has 6 atom stereocenters. The van der Waals surface area contributed by atoms with Crippen molar-refractivity contribution in [1.82, 2.24) is 10.2 Å². The molecule has 2 aliphatic heterocycles. The number of allylic oxidation sites excluding steroid dienone is 1. The van der Waals surface area contributed by atoms with E-state index in [0.29, 0.717) is 31.8 Å². The summed E-state index contributed by atoms with van der Waals surface area (Å²) in [6, 6.07) is 11.0. The number of nitrogens with zero attached hydrogens (tertiary/aromatic N) is 2. The Bertz CT molecular complexity index is 1150. The molecule has 1 saturated heterocycles. The Hall–Kier alpha value is -2.67. The number of carbonyl (C=O) groups excluding carboxylic acids is 2. The van der Waals surface area contributed by atoms with Crippen LogP contribution < -0.4 is 5.32 Å². The van der Waals surface area contributed by atoms with E-state index in [0.717, 1.165) is 64.2 Å². The Labute approximate surface area is 265 Å². The Morgan fingerprint density at radius 1 is 1.11 bits per heavy atom. The third-order valence-corrected chi connectivity index (χ3v) is 11.2. The second-order valence-electron chi connectivity index (χ2n) is 14.0. The summed E-state index contributed by atoms with van der Waals surface area (Å²) in [4.78, 5) is 33.6. The van der Waals surface area contributed by atoms with Crippen LogP contribution in [0.25, 0.3) is 0 Å². The van der Waals surface area contributed by atoms with Crippen molar-refractivity contribution in [1.29, 1.82) is 0 Å². The first kappa shape index (κ1) is 34.2. The number of rotatable bonds is 11. The topological polar surface area (TPSA) is 102 Å². The quantitative estimate of drug-likeness (QED) is 0.250. The fourth-order valence-electron chi connectivity index (χ4n) is 8.21. The number of hydrogen-bond donors (Lipinski definition) is 3. The fraction of sp³-hybridized carbons (Fsp3) is 0.703. The van der Waals surface area contributed by atoms with E-state index in [2.05, 4.69) is 54.5 Å². The van der Waals surface area contributed by atoms with Crippen molar-refractivity contribution in [3.05, 3.63) is 47.7 Å². The molecule has 44 heavy (non-hydrogen) atoms. The highest BCUT2D eigenvalue weighted by Crippen LogP contribution is 2.46. The van der Waals surface area contributed by atoms with Crippen LogP contribution in [0, 0.1) is 23.7 Å². The van der Waals surface area contributed by atoms with E-state index < -0.39 is 11.8 Å². The Kier molecular flexibility index (Phi) is 12.1. The van der Waals surface area contributed by atoms with Gasteiger partial charge in [0, 0.05) is 31.6 Å². The van der Waals surface area contributed by atoms with Gasteiger partial charge in [0.2, 0.25) is 11.8 Å². The average Bonchev–Trinajstić information content (AvgIpc) is 3.02. The maximum atomic E-state index is 14.1. The monoisotopic (exact) mass is 607 g/mol. The number of aliphatic hydroxyl groups is 2. The molecule has 0 radical (unpaired) electrons. The van der Waals surface area contributed by atoms with Gasteiger partial charge in [-0.05, 0) is 86.7 Å². The molecule has 1 saturated carbocycles. The molecule has 1 aliphatic carbocycles. The van der Waals surface area contributed by atoms with Crippen molar-refractivity contribution in [2.24, 2.45) is 28.7 Å². The highest BCUT2D eigenvalue weighted by molar-refractivity contribution is 5.81. The van der Waals surface area contributed by atoms with Crippen molar-refractivity contribution in [2.45, 2.75) is 128 Å². The summed E-state index contributed by atoms with van der Waals surface area (Å²) in [6.45, 7) is 9.65. The van der Waals surface area contributed by atoms with Crippen molar-refractivity contribution >= 4 is 18.0 Å². The van der Waals surface area contributed by atoms with Gasteiger partial charge in [-0.1, -0.05) is 77.3 Å². The van der Waals surface area contributed by atoms with E-state index in [1.807, 2.05) is 18.7 Å². The number of dihydropyridines is 1.